The number of anilines is 1. The van der Waals surface area contributed by atoms with Crippen molar-refractivity contribution in [3.05, 3.63) is 53.3 Å². The van der Waals surface area contributed by atoms with E-state index in [2.05, 4.69) is 14.9 Å². The molecule has 1 unspecified atom stereocenters. The van der Waals surface area contributed by atoms with Crippen LogP contribution >= 0.6 is 0 Å². The third kappa shape index (κ3) is 4.04. The Labute approximate surface area is 135 Å². The minimum Gasteiger partial charge on any atom is -0.478 e. The zero-order valence-corrected chi connectivity index (χ0v) is 12.9. The van der Waals surface area contributed by atoms with Crippen molar-refractivity contribution >= 4 is 11.9 Å². The number of hydrogen-bond donors (Lipinski definition) is 2. The van der Waals surface area contributed by atoms with Crippen LogP contribution in [-0.2, 0) is 13.0 Å². The Morgan fingerprint density at radius 3 is 2.83 bits per heavy atom. The van der Waals surface area contributed by atoms with E-state index >= 15 is 0 Å². The van der Waals surface area contributed by atoms with Crippen LogP contribution in [-0.4, -0.2) is 39.0 Å². The molecular weight excluding hydrogens is 292 g/mol. The maximum absolute atomic E-state index is 11.0. The molecule has 0 radical (unpaired) electrons. The highest BCUT2D eigenvalue weighted by atomic mass is 16.4. The first-order valence-corrected chi connectivity index (χ1v) is 7.71. The topological polar surface area (TPSA) is 92.3 Å². The predicted molar refractivity (Wildman–Crippen MR) is 86.9 cm³/mol. The van der Waals surface area contributed by atoms with Gasteiger partial charge in [0, 0.05) is 31.0 Å². The molecule has 0 saturated carbocycles. The number of aromatic carboxylic acids is 1. The summed E-state index contributed by atoms with van der Waals surface area (Å²) < 4.78 is 0. The summed E-state index contributed by atoms with van der Waals surface area (Å²) in [6.07, 6.45) is 5.57. The Morgan fingerprint density at radius 2 is 2.09 bits per heavy atom. The number of rotatable bonds is 5. The van der Waals surface area contributed by atoms with Crippen LogP contribution in [0, 0.1) is 5.92 Å². The summed E-state index contributed by atoms with van der Waals surface area (Å²) in [7, 11) is 0. The third-order valence-electron chi connectivity index (χ3n) is 4.20. The molecule has 1 aliphatic heterocycles. The zero-order chi connectivity index (χ0) is 16.2. The lowest BCUT2D eigenvalue weighted by Crippen LogP contribution is -2.21. The van der Waals surface area contributed by atoms with Crippen molar-refractivity contribution in [2.45, 2.75) is 19.4 Å². The van der Waals surface area contributed by atoms with E-state index in [1.54, 1.807) is 24.5 Å². The van der Waals surface area contributed by atoms with Crippen molar-refractivity contribution in [3.8, 4) is 0 Å². The molecule has 1 aromatic carbocycles. The smallest absolute Gasteiger partial charge is 0.335 e. The first-order valence-electron chi connectivity index (χ1n) is 7.71. The quantitative estimate of drug-likeness (QED) is 0.875. The summed E-state index contributed by atoms with van der Waals surface area (Å²) in [5, 5.41) is 9.07. The summed E-state index contributed by atoms with van der Waals surface area (Å²) in [5.41, 5.74) is 8.01. The molecule has 6 heteroatoms. The molecular formula is C17H20N4O2. The van der Waals surface area contributed by atoms with Crippen molar-refractivity contribution in [1.82, 2.24) is 14.9 Å². The van der Waals surface area contributed by atoms with Crippen LogP contribution in [0.3, 0.4) is 0 Å². The highest BCUT2D eigenvalue weighted by Crippen LogP contribution is 2.22. The van der Waals surface area contributed by atoms with E-state index < -0.39 is 5.97 Å². The fourth-order valence-corrected chi connectivity index (χ4v) is 3.09. The van der Waals surface area contributed by atoms with Gasteiger partial charge in [0.2, 0.25) is 5.95 Å². The van der Waals surface area contributed by atoms with Crippen LogP contribution in [0.2, 0.25) is 0 Å². The number of nitrogen functional groups attached to an aromatic ring is 1. The van der Waals surface area contributed by atoms with Crippen LogP contribution in [0.4, 0.5) is 5.95 Å². The van der Waals surface area contributed by atoms with Gasteiger partial charge in [-0.15, -0.1) is 0 Å². The molecule has 6 nitrogen and oxygen atoms in total. The molecule has 1 aliphatic rings. The number of hydrogen-bond acceptors (Lipinski definition) is 5. The lowest BCUT2D eigenvalue weighted by molar-refractivity contribution is 0.0696. The van der Waals surface area contributed by atoms with Crippen LogP contribution in [0.15, 0.2) is 36.7 Å². The van der Waals surface area contributed by atoms with Crippen molar-refractivity contribution in [2.24, 2.45) is 5.92 Å². The maximum atomic E-state index is 11.0. The molecule has 2 heterocycles. The van der Waals surface area contributed by atoms with Gasteiger partial charge < -0.3 is 10.8 Å². The first kappa shape index (κ1) is 15.4. The summed E-state index contributed by atoms with van der Waals surface area (Å²) in [6, 6.07) is 7.23. The van der Waals surface area contributed by atoms with Gasteiger partial charge in [0.25, 0.3) is 0 Å². The Morgan fingerprint density at radius 1 is 1.30 bits per heavy atom. The van der Waals surface area contributed by atoms with Gasteiger partial charge >= 0.3 is 5.97 Å². The number of carboxylic acids is 1. The van der Waals surface area contributed by atoms with E-state index in [0.717, 1.165) is 43.6 Å². The van der Waals surface area contributed by atoms with Crippen molar-refractivity contribution in [3.63, 3.8) is 0 Å². The highest BCUT2D eigenvalue weighted by molar-refractivity contribution is 5.87. The van der Waals surface area contributed by atoms with Gasteiger partial charge in [-0.05, 0) is 43.0 Å². The van der Waals surface area contributed by atoms with E-state index in [1.807, 2.05) is 12.1 Å². The number of nitrogens with two attached hydrogens (primary N) is 1. The van der Waals surface area contributed by atoms with Crippen LogP contribution in [0.25, 0.3) is 0 Å². The lowest BCUT2D eigenvalue weighted by Gasteiger charge is -2.16. The molecule has 1 aromatic heterocycles. The van der Waals surface area contributed by atoms with Gasteiger partial charge in [-0.1, -0.05) is 12.1 Å². The highest BCUT2D eigenvalue weighted by Gasteiger charge is 2.23. The fourth-order valence-electron chi connectivity index (χ4n) is 3.09. The Bertz CT molecular complexity index is 687. The monoisotopic (exact) mass is 312 g/mol. The molecule has 2 aromatic rings. The van der Waals surface area contributed by atoms with E-state index in [-0.39, 0.29) is 0 Å². The SMILES string of the molecule is Nc1ncc(CN2CCC(Cc3cccc(C(=O)O)c3)C2)cn1. The molecule has 0 amide bonds. The third-order valence-corrected chi connectivity index (χ3v) is 4.20. The molecule has 1 saturated heterocycles. The summed E-state index contributed by atoms with van der Waals surface area (Å²) >= 11 is 0. The summed E-state index contributed by atoms with van der Waals surface area (Å²) in [5.74, 6) is -0.0247. The number of carbonyl (C=O) groups is 1. The van der Waals surface area contributed by atoms with Crippen molar-refractivity contribution in [1.29, 1.82) is 0 Å². The number of nitrogens with zero attached hydrogens (tertiary/aromatic N) is 3. The second-order valence-electron chi connectivity index (χ2n) is 6.05. The van der Waals surface area contributed by atoms with Gasteiger partial charge in [-0.25, -0.2) is 14.8 Å². The lowest BCUT2D eigenvalue weighted by atomic mass is 9.97. The van der Waals surface area contributed by atoms with E-state index in [4.69, 9.17) is 10.8 Å². The van der Waals surface area contributed by atoms with Crippen molar-refractivity contribution < 1.29 is 9.90 Å². The molecule has 0 bridgehead atoms. The van der Waals surface area contributed by atoms with Gasteiger partial charge in [-0.2, -0.15) is 0 Å². The van der Waals surface area contributed by atoms with Crippen LogP contribution < -0.4 is 5.73 Å². The van der Waals surface area contributed by atoms with Crippen LogP contribution in [0.1, 0.15) is 27.9 Å². The Hall–Kier alpha value is -2.47. The second-order valence-corrected chi connectivity index (χ2v) is 6.05. The van der Waals surface area contributed by atoms with E-state index in [1.165, 1.54) is 0 Å². The van der Waals surface area contributed by atoms with Crippen LogP contribution in [0.5, 0.6) is 0 Å². The zero-order valence-electron chi connectivity index (χ0n) is 12.9. The number of benzene rings is 1. The maximum Gasteiger partial charge on any atom is 0.335 e. The molecule has 0 spiro atoms. The minimum atomic E-state index is -0.872. The molecule has 120 valence electrons. The fraction of sp³-hybridized carbons (Fsp3) is 0.353. The van der Waals surface area contributed by atoms with Gasteiger partial charge in [-0.3, -0.25) is 4.90 Å². The number of carboxylic acid groups (broad SMARTS) is 1. The normalized spacial score (nSPS) is 18.2. The molecule has 3 rings (SSSR count). The predicted octanol–water partition coefficient (Wildman–Crippen LogP) is 1.82. The Balaban J connectivity index is 1.56. The van der Waals surface area contributed by atoms with E-state index in [0.29, 0.717) is 17.4 Å². The van der Waals surface area contributed by atoms with E-state index in [9.17, 15) is 4.79 Å². The number of aromatic nitrogens is 2. The summed E-state index contributed by atoms with van der Waals surface area (Å²) in [6.45, 7) is 2.86. The molecule has 1 fully saturated rings. The minimum absolute atomic E-state index is 0.298. The first-order chi connectivity index (χ1) is 11.1. The molecule has 23 heavy (non-hydrogen) atoms. The molecule has 3 N–H and O–H groups in total. The average molecular weight is 312 g/mol. The van der Waals surface area contributed by atoms with Gasteiger partial charge in [0.1, 0.15) is 0 Å². The summed E-state index contributed by atoms with van der Waals surface area (Å²) in [4.78, 5) is 21.5. The Kier molecular flexibility index (Phi) is 4.52. The van der Waals surface area contributed by atoms with Gasteiger partial charge in [0.15, 0.2) is 0 Å². The molecule has 1 atom stereocenters. The van der Waals surface area contributed by atoms with Crippen molar-refractivity contribution in [2.75, 3.05) is 18.8 Å². The largest absolute Gasteiger partial charge is 0.478 e. The average Bonchev–Trinajstić information content (AvgIpc) is 2.97. The number of likely N-dealkylation sites (tertiary alicyclic amines) is 1. The molecule has 0 aliphatic carbocycles. The standard InChI is InChI=1S/C17H20N4O2/c18-17-19-8-14(9-20-17)11-21-5-4-13(10-21)6-12-2-1-3-15(7-12)16(22)23/h1-3,7-9,13H,4-6,10-11H2,(H,22,23)(H2,18,19,20). The van der Waals surface area contributed by atoms with Gasteiger partial charge in [0.05, 0.1) is 5.56 Å². The second kappa shape index (κ2) is 6.75.